The van der Waals surface area contributed by atoms with Gasteiger partial charge in [0.25, 0.3) is 0 Å². The number of sulfonamides is 1. The van der Waals surface area contributed by atoms with Gasteiger partial charge in [-0.2, -0.15) is 0 Å². The van der Waals surface area contributed by atoms with Crippen molar-refractivity contribution in [1.29, 1.82) is 0 Å². The Labute approximate surface area is 182 Å². The number of nitrogens with one attached hydrogen (secondary N) is 1. The van der Waals surface area contributed by atoms with Crippen LogP contribution >= 0.6 is 11.8 Å². The first-order valence-electron chi connectivity index (χ1n) is 9.78. The summed E-state index contributed by atoms with van der Waals surface area (Å²) in [4.78, 5) is 1.40. The number of benzene rings is 4. The highest BCUT2D eigenvalue weighted by molar-refractivity contribution is 7.99. The summed E-state index contributed by atoms with van der Waals surface area (Å²) in [5.41, 5.74) is 2.12. The van der Waals surface area contributed by atoms with Crippen molar-refractivity contribution in [2.45, 2.75) is 22.0 Å². The maximum absolute atomic E-state index is 12.8. The van der Waals surface area contributed by atoms with E-state index in [1.54, 1.807) is 23.9 Å². The molecule has 0 aromatic heterocycles. The Bertz CT molecular complexity index is 1240. The summed E-state index contributed by atoms with van der Waals surface area (Å²) in [6.45, 7) is 2.24. The van der Waals surface area contributed by atoms with E-state index in [1.165, 1.54) is 10.8 Å². The van der Waals surface area contributed by atoms with Crippen LogP contribution in [-0.2, 0) is 10.0 Å². The van der Waals surface area contributed by atoms with Crippen LogP contribution in [0.2, 0.25) is 0 Å². The Kier molecular flexibility index (Phi) is 6.23. The van der Waals surface area contributed by atoms with Gasteiger partial charge < -0.3 is 0 Å². The predicted octanol–water partition coefficient (Wildman–Crippen LogP) is 5.96. The van der Waals surface area contributed by atoms with Crippen LogP contribution in [0.5, 0.6) is 0 Å². The maximum Gasteiger partial charge on any atom is 0.240 e. The van der Waals surface area contributed by atoms with Crippen LogP contribution in [0.4, 0.5) is 0 Å². The summed E-state index contributed by atoms with van der Waals surface area (Å²) in [6.07, 6.45) is 0. The second-order valence-electron chi connectivity index (χ2n) is 7.19. The lowest BCUT2D eigenvalue weighted by molar-refractivity contribution is 0.581. The van der Waals surface area contributed by atoms with Crippen molar-refractivity contribution in [3.8, 4) is 0 Å². The van der Waals surface area contributed by atoms with Gasteiger partial charge in [-0.25, -0.2) is 13.1 Å². The largest absolute Gasteiger partial charge is 0.240 e. The molecular weight excluding hydrogens is 410 g/mol. The molecule has 1 atom stereocenters. The molecule has 0 saturated carbocycles. The third-order valence-corrected chi connectivity index (χ3v) is 7.65. The third-order valence-electron chi connectivity index (χ3n) is 4.96. The van der Waals surface area contributed by atoms with Crippen LogP contribution in [0.1, 0.15) is 16.4 Å². The van der Waals surface area contributed by atoms with Crippen LogP contribution in [-0.4, -0.2) is 15.0 Å². The molecule has 5 heteroatoms. The second kappa shape index (κ2) is 9.04. The molecule has 4 aromatic carbocycles. The van der Waals surface area contributed by atoms with Gasteiger partial charge in [0.05, 0.1) is 4.90 Å². The molecule has 0 heterocycles. The quantitative estimate of drug-likeness (QED) is 0.366. The minimum atomic E-state index is -3.57. The Morgan fingerprint density at radius 3 is 2.20 bits per heavy atom. The number of rotatable bonds is 7. The first kappa shape index (κ1) is 20.7. The van der Waals surface area contributed by atoms with E-state index in [2.05, 4.69) is 35.1 Å². The number of fused-ring (bicyclic) bond motifs is 1. The number of aryl methyl sites for hydroxylation is 1. The van der Waals surface area contributed by atoms with Crippen molar-refractivity contribution >= 4 is 32.6 Å². The highest BCUT2D eigenvalue weighted by Gasteiger charge is 2.19. The lowest BCUT2D eigenvalue weighted by atomic mass is 10.1. The summed E-state index contributed by atoms with van der Waals surface area (Å²) in [5, 5.41) is 2.32. The van der Waals surface area contributed by atoms with E-state index >= 15 is 0 Å². The molecular formula is C25H23NO2S2. The Balaban J connectivity index is 1.57. The van der Waals surface area contributed by atoms with Crippen molar-refractivity contribution in [2.24, 2.45) is 0 Å². The predicted molar refractivity (Wildman–Crippen MR) is 125 cm³/mol. The lowest BCUT2D eigenvalue weighted by Crippen LogP contribution is -2.27. The van der Waals surface area contributed by atoms with Crippen molar-refractivity contribution in [2.75, 3.05) is 6.54 Å². The smallest absolute Gasteiger partial charge is 0.210 e. The van der Waals surface area contributed by atoms with Gasteiger partial charge in [0, 0.05) is 16.7 Å². The van der Waals surface area contributed by atoms with Gasteiger partial charge in [0.15, 0.2) is 0 Å². The summed E-state index contributed by atoms with van der Waals surface area (Å²) in [7, 11) is -3.57. The molecule has 1 N–H and O–H groups in total. The van der Waals surface area contributed by atoms with E-state index in [4.69, 9.17) is 0 Å². The average molecular weight is 434 g/mol. The monoisotopic (exact) mass is 433 g/mol. The summed E-state index contributed by atoms with van der Waals surface area (Å²) >= 11 is 1.67. The van der Waals surface area contributed by atoms with Crippen LogP contribution in [0, 0.1) is 6.92 Å². The highest BCUT2D eigenvalue weighted by atomic mass is 32.2. The van der Waals surface area contributed by atoms with E-state index in [9.17, 15) is 8.42 Å². The first-order chi connectivity index (χ1) is 14.5. The zero-order valence-electron chi connectivity index (χ0n) is 16.7. The molecule has 0 aliphatic rings. The zero-order valence-corrected chi connectivity index (χ0v) is 18.3. The number of hydrogen-bond donors (Lipinski definition) is 1. The summed E-state index contributed by atoms with van der Waals surface area (Å²) in [5.74, 6) is 0. The summed E-state index contributed by atoms with van der Waals surface area (Å²) in [6, 6.07) is 31.5. The van der Waals surface area contributed by atoms with Gasteiger partial charge in [0.2, 0.25) is 10.0 Å². The molecule has 30 heavy (non-hydrogen) atoms. The fraction of sp³-hybridized carbons (Fsp3) is 0.120. The van der Waals surface area contributed by atoms with E-state index in [0.29, 0.717) is 6.54 Å². The Morgan fingerprint density at radius 2 is 1.47 bits per heavy atom. The van der Waals surface area contributed by atoms with Gasteiger partial charge in [-0.05, 0) is 47.5 Å². The normalized spacial score (nSPS) is 12.7. The first-order valence-corrected chi connectivity index (χ1v) is 12.1. The van der Waals surface area contributed by atoms with Gasteiger partial charge in [-0.3, -0.25) is 0 Å². The van der Waals surface area contributed by atoms with E-state index in [-0.39, 0.29) is 10.1 Å². The Hall–Kier alpha value is -2.60. The molecule has 4 rings (SSSR count). The maximum atomic E-state index is 12.8. The molecule has 152 valence electrons. The topological polar surface area (TPSA) is 46.2 Å². The van der Waals surface area contributed by atoms with E-state index in [0.717, 1.165) is 16.0 Å². The lowest BCUT2D eigenvalue weighted by Gasteiger charge is -2.18. The molecule has 3 nitrogen and oxygen atoms in total. The molecule has 0 aliphatic heterocycles. The van der Waals surface area contributed by atoms with Crippen LogP contribution in [0.15, 0.2) is 107 Å². The molecule has 0 radical (unpaired) electrons. The van der Waals surface area contributed by atoms with Gasteiger partial charge in [-0.1, -0.05) is 78.4 Å². The number of hydrogen-bond acceptors (Lipinski definition) is 3. The molecule has 0 aliphatic carbocycles. The zero-order chi connectivity index (χ0) is 21.0. The minimum Gasteiger partial charge on any atom is -0.210 e. The van der Waals surface area contributed by atoms with Crippen LogP contribution in [0.3, 0.4) is 0 Å². The molecule has 0 bridgehead atoms. The minimum absolute atomic E-state index is 0.0485. The molecule has 0 saturated heterocycles. The molecule has 4 aromatic rings. The van der Waals surface area contributed by atoms with E-state index in [1.807, 2.05) is 61.5 Å². The summed E-state index contributed by atoms with van der Waals surface area (Å²) < 4.78 is 28.4. The average Bonchev–Trinajstić information content (AvgIpc) is 2.77. The van der Waals surface area contributed by atoms with Gasteiger partial charge in [0.1, 0.15) is 0 Å². The van der Waals surface area contributed by atoms with Crippen LogP contribution in [0.25, 0.3) is 10.8 Å². The molecule has 1 unspecified atom stereocenters. The van der Waals surface area contributed by atoms with E-state index < -0.39 is 10.0 Å². The fourth-order valence-corrected chi connectivity index (χ4v) is 5.57. The third kappa shape index (κ3) is 4.93. The van der Waals surface area contributed by atoms with Crippen LogP contribution < -0.4 is 4.72 Å². The standard InChI is InChI=1S/C25H23NO2S2/c1-19-11-15-24(16-12-19)30(27,28)26-18-25(21-8-3-2-4-9-21)29-23-14-13-20-7-5-6-10-22(20)17-23/h2-17,25-26H,18H2,1H3. The second-order valence-corrected chi connectivity index (χ2v) is 10.2. The van der Waals surface area contributed by atoms with Crippen molar-refractivity contribution in [3.05, 3.63) is 108 Å². The van der Waals surface area contributed by atoms with Gasteiger partial charge >= 0.3 is 0 Å². The number of thioether (sulfide) groups is 1. The SMILES string of the molecule is Cc1ccc(S(=O)(=O)NCC(Sc2ccc3ccccc3c2)c2ccccc2)cc1. The molecule has 0 spiro atoms. The highest BCUT2D eigenvalue weighted by Crippen LogP contribution is 2.36. The van der Waals surface area contributed by atoms with Crippen molar-refractivity contribution < 1.29 is 8.42 Å². The Morgan fingerprint density at radius 1 is 0.800 bits per heavy atom. The molecule has 0 amide bonds. The van der Waals surface area contributed by atoms with Crippen molar-refractivity contribution in [3.63, 3.8) is 0 Å². The van der Waals surface area contributed by atoms with Crippen molar-refractivity contribution in [1.82, 2.24) is 4.72 Å². The fourth-order valence-electron chi connectivity index (χ4n) is 3.29. The molecule has 0 fully saturated rings. The van der Waals surface area contributed by atoms with Gasteiger partial charge in [-0.15, -0.1) is 11.8 Å².